The van der Waals surface area contributed by atoms with Gasteiger partial charge in [0, 0.05) is 12.6 Å². The van der Waals surface area contributed by atoms with Gasteiger partial charge in [-0.3, -0.25) is 4.79 Å². The lowest BCUT2D eigenvalue weighted by molar-refractivity contribution is 0.0952. The third-order valence-electron chi connectivity index (χ3n) is 4.09. The van der Waals surface area contributed by atoms with E-state index in [9.17, 15) is 4.79 Å². The molecule has 0 unspecified atom stereocenters. The van der Waals surface area contributed by atoms with E-state index in [-0.39, 0.29) is 5.91 Å². The molecule has 0 bridgehead atoms. The van der Waals surface area contributed by atoms with Gasteiger partial charge in [0.1, 0.15) is 10.6 Å². The number of nitrogens with zero attached hydrogens (tertiary/aromatic N) is 1. The highest BCUT2D eigenvalue weighted by atomic mass is 32.1. The number of nitrogen functional groups attached to an aromatic ring is 1. The van der Waals surface area contributed by atoms with Crippen LogP contribution in [0.15, 0.2) is 0 Å². The maximum Gasteiger partial charge on any atom is 0.258 e. The first-order valence-electron chi connectivity index (χ1n) is 6.87. The molecule has 2 fully saturated rings. The summed E-state index contributed by atoms with van der Waals surface area (Å²) in [7, 11) is 0. The summed E-state index contributed by atoms with van der Waals surface area (Å²) in [6, 6.07) is 0.337. The molecule has 3 rings (SSSR count). The van der Waals surface area contributed by atoms with Crippen LogP contribution < -0.4 is 16.4 Å². The summed E-state index contributed by atoms with van der Waals surface area (Å²) in [5, 5.41) is 7.15. The summed E-state index contributed by atoms with van der Waals surface area (Å²) < 4.78 is 4.11. The van der Waals surface area contributed by atoms with Crippen molar-refractivity contribution in [2.75, 3.05) is 17.6 Å². The van der Waals surface area contributed by atoms with Gasteiger partial charge in [-0.05, 0) is 42.6 Å². The van der Waals surface area contributed by atoms with Crippen molar-refractivity contribution in [1.29, 1.82) is 0 Å². The molecule has 2 saturated carbocycles. The van der Waals surface area contributed by atoms with E-state index in [0.29, 0.717) is 22.8 Å². The van der Waals surface area contributed by atoms with Crippen LogP contribution in [-0.2, 0) is 0 Å². The Balaban J connectivity index is 1.68. The minimum atomic E-state index is -0.0880. The van der Waals surface area contributed by atoms with Gasteiger partial charge in [-0.1, -0.05) is 13.3 Å². The monoisotopic (exact) mass is 280 g/mol. The van der Waals surface area contributed by atoms with Gasteiger partial charge in [0.2, 0.25) is 0 Å². The molecule has 6 heteroatoms. The number of hydrogen-bond donors (Lipinski definition) is 3. The van der Waals surface area contributed by atoms with Crippen LogP contribution in [0.2, 0.25) is 0 Å². The smallest absolute Gasteiger partial charge is 0.258 e. The lowest BCUT2D eigenvalue weighted by Crippen LogP contribution is -2.34. The quantitative estimate of drug-likeness (QED) is 0.772. The molecule has 0 saturated heterocycles. The second-order valence-corrected chi connectivity index (χ2v) is 6.81. The number of hydrogen-bond acceptors (Lipinski definition) is 5. The normalized spacial score (nSPS) is 20.7. The Morgan fingerprint density at radius 3 is 2.84 bits per heavy atom. The molecule has 1 aromatic heterocycles. The standard InChI is InChI=1S/C13H20N4OS/c1-13(5-2-6-13)7-15-12-9(10(14)17-19-12)11(18)16-8-3-4-8/h8,15H,2-7H2,1H3,(H2,14,17)(H,16,18). The fraction of sp³-hybridized carbons (Fsp3) is 0.692. The molecule has 104 valence electrons. The van der Waals surface area contributed by atoms with Crippen LogP contribution in [0.25, 0.3) is 0 Å². The molecular weight excluding hydrogens is 260 g/mol. The van der Waals surface area contributed by atoms with Crippen LogP contribution in [0, 0.1) is 5.41 Å². The maximum atomic E-state index is 12.1. The summed E-state index contributed by atoms with van der Waals surface area (Å²) in [4.78, 5) is 12.1. The van der Waals surface area contributed by atoms with Crippen molar-refractivity contribution in [3.05, 3.63) is 5.56 Å². The Kier molecular flexibility index (Phi) is 3.12. The molecule has 2 aliphatic rings. The molecule has 0 spiro atoms. The van der Waals surface area contributed by atoms with E-state index in [0.717, 1.165) is 24.4 Å². The number of nitrogens with two attached hydrogens (primary N) is 1. The molecule has 4 N–H and O–H groups in total. The first-order valence-corrected chi connectivity index (χ1v) is 7.65. The van der Waals surface area contributed by atoms with Crippen molar-refractivity contribution in [2.45, 2.75) is 45.1 Å². The van der Waals surface area contributed by atoms with Crippen molar-refractivity contribution in [3.8, 4) is 0 Å². The summed E-state index contributed by atoms with van der Waals surface area (Å²) in [6.45, 7) is 3.16. The van der Waals surface area contributed by atoms with E-state index < -0.39 is 0 Å². The highest BCUT2D eigenvalue weighted by Gasteiger charge is 2.33. The van der Waals surface area contributed by atoms with Crippen molar-refractivity contribution >= 4 is 28.3 Å². The summed E-state index contributed by atoms with van der Waals surface area (Å²) in [5.74, 6) is 0.249. The van der Waals surface area contributed by atoms with E-state index in [4.69, 9.17) is 5.73 Å². The van der Waals surface area contributed by atoms with Gasteiger partial charge in [0.15, 0.2) is 5.82 Å². The van der Waals surface area contributed by atoms with E-state index >= 15 is 0 Å². The van der Waals surface area contributed by atoms with Crippen molar-refractivity contribution in [3.63, 3.8) is 0 Å². The SMILES string of the molecule is CC1(CNc2snc(N)c2C(=O)NC2CC2)CCC1. The second-order valence-electron chi connectivity index (χ2n) is 6.04. The zero-order valence-corrected chi connectivity index (χ0v) is 12.0. The maximum absolute atomic E-state index is 12.1. The van der Waals surface area contributed by atoms with Gasteiger partial charge in [-0.2, -0.15) is 4.37 Å². The predicted molar refractivity (Wildman–Crippen MR) is 77.5 cm³/mol. The van der Waals surface area contributed by atoms with Gasteiger partial charge in [0.25, 0.3) is 5.91 Å². The first-order chi connectivity index (χ1) is 9.07. The summed E-state index contributed by atoms with van der Waals surface area (Å²) in [6.07, 6.45) is 5.95. The number of anilines is 2. The first kappa shape index (κ1) is 12.7. The predicted octanol–water partition coefficient (Wildman–Crippen LogP) is 2.22. The third-order valence-corrected chi connectivity index (χ3v) is 4.91. The minimum Gasteiger partial charge on any atom is -0.382 e. The van der Waals surface area contributed by atoms with Crippen LogP contribution in [0.5, 0.6) is 0 Å². The Bertz CT molecular complexity index is 491. The number of rotatable bonds is 5. The van der Waals surface area contributed by atoms with E-state index in [2.05, 4.69) is 21.9 Å². The zero-order chi connectivity index (χ0) is 13.5. The van der Waals surface area contributed by atoms with Gasteiger partial charge >= 0.3 is 0 Å². The fourth-order valence-corrected chi connectivity index (χ4v) is 3.08. The van der Waals surface area contributed by atoms with Crippen LogP contribution >= 0.6 is 11.5 Å². The molecule has 0 aliphatic heterocycles. The van der Waals surface area contributed by atoms with E-state index in [1.165, 1.54) is 30.8 Å². The molecule has 0 radical (unpaired) electrons. The van der Waals surface area contributed by atoms with Crippen molar-refractivity contribution in [1.82, 2.24) is 9.69 Å². The van der Waals surface area contributed by atoms with Crippen molar-refractivity contribution < 1.29 is 4.79 Å². The van der Waals surface area contributed by atoms with Crippen LogP contribution in [0.3, 0.4) is 0 Å². The average molecular weight is 280 g/mol. The van der Waals surface area contributed by atoms with Crippen LogP contribution in [0.4, 0.5) is 10.8 Å². The lowest BCUT2D eigenvalue weighted by Gasteiger charge is -2.38. The molecule has 1 heterocycles. The molecule has 0 atom stereocenters. The number of nitrogens with one attached hydrogen (secondary N) is 2. The molecule has 2 aliphatic carbocycles. The Morgan fingerprint density at radius 2 is 2.26 bits per heavy atom. The largest absolute Gasteiger partial charge is 0.382 e. The Hall–Kier alpha value is -1.30. The van der Waals surface area contributed by atoms with E-state index in [1.807, 2.05) is 0 Å². The topological polar surface area (TPSA) is 80.0 Å². The number of aromatic nitrogens is 1. The van der Waals surface area contributed by atoms with Gasteiger partial charge < -0.3 is 16.4 Å². The molecule has 1 amide bonds. The average Bonchev–Trinajstić information content (AvgIpc) is 3.06. The molecule has 0 aromatic carbocycles. The van der Waals surface area contributed by atoms with Gasteiger partial charge in [-0.25, -0.2) is 0 Å². The van der Waals surface area contributed by atoms with Gasteiger partial charge in [0.05, 0.1) is 0 Å². The van der Waals surface area contributed by atoms with Crippen LogP contribution in [0.1, 0.15) is 49.4 Å². The Labute approximate surface area is 117 Å². The molecular formula is C13H20N4OS. The lowest BCUT2D eigenvalue weighted by atomic mass is 9.70. The number of carbonyl (C=O) groups is 1. The third kappa shape index (κ3) is 2.68. The zero-order valence-electron chi connectivity index (χ0n) is 11.2. The second kappa shape index (κ2) is 4.67. The number of carbonyl (C=O) groups excluding carboxylic acids is 1. The Morgan fingerprint density at radius 1 is 1.53 bits per heavy atom. The number of amides is 1. The van der Waals surface area contributed by atoms with Crippen LogP contribution in [-0.4, -0.2) is 22.9 Å². The highest BCUT2D eigenvalue weighted by Crippen LogP contribution is 2.41. The minimum absolute atomic E-state index is 0.0880. The summed E-state index contributed by atoms with van der Waals surface area (Å²) in [5.41, 5.74) is 6.71. The van der Waals surface area contributed by atoms with Crippen molar-refractivity contribution in [2.24, 2.45) is 5.41 Å². The molecule has 1 aromatic rings. The fourth-order valence-electron chi connectivity index (χ4n) is 2.38. The summed E-state index contributed by atoms with van der Waals surface area (Å²) >= 11 is 1.28. The van der Waals surface area contributed by atoms with Gasteiger partial charge in [-0.15, -0.1) is 0 Å². The highest BCUT2D eigenvalue weighted by molar-refractivity contribution is 7.11. The molecule has 5 nitrogen and oxygen atoms in total. The molecule has 19 heavy (non-hydrogen) atoms. The van der Waals surface area contributed by atoms with E-state index in [1.54, 1.807) is 0 Å².